The van der Waals surface area contributed by atoms with Crippen LogP contribution in [0.3, 0.4) is 0 Å². The normalized spacial score (nSPS) is 11.5. The van der Waals surface area contributed by atoms with Crippen LogP contribution in [-0.2, 0) is 0 Å². The predicted molar refractivity (Wildman–Crippen MR) is 311 cm³/mol. The second-order valence-electron chi connectivity index (χ2n) is 23.9. The Morgan fingerprint density at radius 3 is 0.766 bits per heavy atom. The number of hydrogen-bond acceptors (Lipinski definition) is 8. The van der Waals surface area contributed by atoms with Crippen LogP contribution in [-0.4, -0.2) is 54.1 Å². The van der Waals surface area contributed by atoms with Crippen LogP contribution in [0.2, 0.25) is 0 Å². The summed E-state index contributed by atoms with van der Waals surface area (Å²) in [5.74, 6) is 2.72. The van der Waals surface area contributed by atoms with Crippen LogP contribution >= 0.6 is 0 Å². The second-order valence-corrected chi connectivity index (χ2v) is 23.9. The van der Waals surface area contributed by atoms with Crippen LogP contribution in [0.5, 0.6) is 0 Å². The molecular weight excluding hydrogens is 963 g/mol. The van der Waals surface area contributed by atoms with Crippen molar-refractivity contribution < 1.29 is 28.2 Å². The van der Waals surface area contributed by atoms with Crippen molar-refractivity contribution in [1.29, 1.82) is 0 Å². The third-order valence-electron chi connectivity index (χ3n) is 11.9. The molecule has 0 saturated carbocycles. The van der Waals surface area contributed by atoms with Crippen molar-refractivity contribution in [3.05, 3.63) is 109 Å². The lowest BCUT2D eigenvalue weighted by atomic mass is 10.1. The molecule has 17 heteroatoms. The van der Waals surface area contributed by atoms with Crippen molar-refractivity contribution in [3.63, 3.8) is 0 Å². The van der Waals surface area contributed by atoms with E-state index in [9.17, 15) is 0 Å². The Kier molecular flexibility index (Phi) is 30.8. The fourth-order valence-electron chi connectivity index (χ4n) is 6.23. The van der Waals surface area contributed by atoms with Crippen LogP contribution < -0.4 is 19.0 Å². The third-order valence-corrected chi connectivity index (χ3v) is 11.9. The van der Waals surface area contributed by atoms with Gasteiger partial charge < -0.3 is 0 Å². The summed E-state index contributed by atoms with van der Waals surface area (Å²) in [5, 5.41) is 25.4. The van der Waals surface area contributed by atoms with Crippen LogP contribution in [0.15, 0.2) is 89.6 Å². The Hall–Kier alpha value is -5.74. The first-order valence-electron chi connectivity index (χ1n) is 28.7. The zero-order valence-corrected chi connectivity index (χ0v) is 53.6. The fourth-order valence-corrected chi connectivity index (χ4v) is 6.23. The van der Waals surface area contributed by atoms with Crippen molar-refractivity contribution in [2.24, 2.45) is 0 Å². The quantitative estimate of drug-likeness (QED) is 0.0979. The summed E-state index contributed by atoms with van der Waals surface area (Å²) in [6.07, 6.45) is 22.0. The molecule has 17 nitrogen and oxygen atoms in total. The highest BCUT2D eigenvalue weighted by Gasteiger charge is 2.22. The summed E-state index contributed by atoms with van der Waals surface area (Å²) in [7, 11) is 0. The summed E-state index contributed by atoms with van der Waals surface area (Å²) < 4.78 is 28.1. The molecule has 0 amide bonds. The average molecular weight is 1070 g/mol. The molecule has 0 saturated heterocycles. The second kappa shape index (κ2) is 34.2. The predicted octanol–water partition coefficient (Wildman–Crippen LogP) is 14.4. The van der Waals surface area contributed by atoms with Gasteiger partial charge in [-0.05, 0) is 122 Å². The Bertz CT molecular complexity index is 1910. The molecular formula is C60H111N15O2+4. The standard InChI is InChI=1S/4C9H16N2.C8H15N3.2C8H16N2O/c2*1-7(2)9-5-10-11(6-9)8(3)4;2*1-7(2)9-5-6-11(10-9)8(3)4;1-6(2)8-5-11(7(3)4)10-9-8;2*1-7(2)9-5-6-10(11-9)8(3)4/h4*5-8H,1-4H3;5-7H,1-4H3;2*5-8H,1-4H3/q;;;;;2*+2. The maximum absolute atomic E-state index is 5.44. The Balaban J connectivity index is 0.000000449. The Morgan fingerprint density at radius 1 is 0.338 bits per heavy atom. The largest absolute Gasteiger partial charge is 0.290 e. The summed E-state index contributed by atoms with van der Waals surface area (Å²) in [6.45, 7) is 59.6. The van der Waals surface area contributed by atoms with Gasteiger partial charge in [-0.1, -0.05) is 74.5 Å². The van der Waals surface area contributed by atoms with Gasteiger partial charge in [-0.15, -0.1) is 5.10 Å². The molecule has 0 bridgehead atoms. The first-order valence-corrected chi connectivity index (χ1v) is 28.7. The molecule has 0 atom stereocenters. The molecule has 77 heavy (non-hydrogen) atoms. The van der Waals surface area contributed by atoms with Crippen LogP contribution in [0.1, 0.15) is 306 Å². The first-order chi connectivity index (χ1) is 35.8. The van der Waals surface area contributed by atoms with Crippen molar-refractivity contribution in [2.75, 3.05) is 0 Å². The summed E-state index contributed by atoms with van der Waals surface area (Å²) in [6, 6.07) is 8.08. The lowest BCUT2D eigenvalue weighted by Gasteiger charge is -2.04. The SMILES string of the molecule is CC(C)[n+]1cc[n+](C(C)C)o1.CC(C)[n+]1cc[n+](C(C)C)o1.CC(C)c1ccn(C(C)C)n1.CC(C)c1ccn(C(C)C)n1.CC(C)c1cn(C(C)C)nn1.CC(C)c1cnn(C(C)C)c1.CC(C)c1cnn(C(C)C)c1. The van der Waals surface area contributed by atoms with Gasteiger partial charge in [-0.3, -0.25) is 18.7 Å². The molecule has 0 N–H and O–H groups in total. The highest BCUT2D eigenvalue weighted by molar-refractivity contribution is 5.10. The van der Waals surface area contributed by atoms with Crippen LogP contribution in [0.25, 0.3) is 0 Å². The van der Waals surface area contributed by atoms with Gasteiger partial charge in [-0.25, -0.2) is 4.68 Å². The van der Waals surface area contributed by atoms with E-state index in [2.05, 4.69) is 249 Å². The molecule has 0 aliphatic heterocycles. The lowest BCUT2D eigenvalue weighted by molar-refractivity contribution is -1.07. The number of rotatable bonds is 14. The molecule has 0 aliphatic rings. The smallest absolute Gasteiger partial charge is 0.270 e. The van der Waals surface area contributed by atoms with E-state index in [-0.39, 0.29) is 0 Å². The number of hydrogen-bond donors (Lipinski definition) is 0. The van der Waals surface area contributed by atoms with Gasteiger partial charge in [0.05, 0.1) is 48.4 Å². The van der Waals surface area contributed by atoms with E-state index in [1.165, 1.54) is 22.5 Å². The molecule has 434 valence electrons. The average Bonchev–Trinajstić information content (AvgIpc) is 4.20. The summed E-state index contributed by atoms with van der Waals surface area (Å²) in [5.41, 5.74) is 6.06. The Morgan fingerprint density at radius 2 is 0.623 bits per heavy atom. The molecule has 0 fully saturated rings. The van der Waals surface area contributed by atoms with E-state index < -0.39 is 0 Å². The zero-order chi connectivity index (χ0) is 59.0. The third kappa shape index (κ3) is 25.5. The monoisotopic (exact) mass is 1070 g/mol. The maximum Gasteiger partial charge on any atom is 0.290 e. The minimum Gasteiger partial charge on any atom is -0.270 e. The molecule has 7 heterocycles. The molecule has 7 aromatic heterocycles. The van der Waals surface area contributed by atoms with Crippen LogP contribution in [0, 0.1) is 0 Å². The molecule has 0 unspecified atom stereocenters. The maximum atomic E-state index is 5.44. The fraction of sp³-hybridized carbons (Fsp3) is 0.700. The van der Waals surface area contributed by atoms with Crippen molar-refractivity contribution in [3.8, 4) is 0 Å². The van der Waals surface area contributed by atoms with E-state index in [1.54, 1.807) is 0 Å². The van der Waals surface area contributed by atoms with Gasteiger partial charge in [-0.2, -0.15) is 20.4 Å². The van der Waals surface area contributed by atoms with Crippen molar-refractivity contribution in [1.82, 2.24) is 54.1 Å². The van der Waals surface area contributed by atoms with Crippen LogP contribution in [0.4, 0.5) is 0 Å². The zero-order valence-electron chi connectivity index (χ0n) is 53.6. The molecule has 0 radical (unpaired) electrons. The van der Waals surface area contributed by atoms with Gasteiger partial charge in [0.1, 0.15) is 0 Å². The topological polar surface area (TPSA) is 144 Å². The molecule has 7 aromatic rings. The molecule has 0 aliphatic carbocycles. The van der Waals surface area contributed by atoms with E-state index >= 15 is 0 Å². The van der Waals surface area contributed by atoms with Crippen molar-refractivity contribution >= 4 is 0 Å². The van der Waals surface area contributed by atoms with Gasteiger partial charge in [0.15, 0.2) is 0 Å². The van der Waals surface area contributed by atoms with E-state index in [1.807, 2.05) is 98.1 Å². The summed E-state index contributed by atoms with van der Waals surface area (Å²) in [4.78, 5) is 0. The van der Waals surface area contributed by atoms with Crippen molar-refractivity contribution in [2.45, 2.75) is 278 Å². The highest BCUT2D eigenvalue weighted by Crippen LogP contribution is 2.17. The minimum absolute atomic E-state index is 0.398. The highest BCUT2D eigenvalue weighted by atomic mass is 16.6. The minimum atomic E-state index is 0.398. The first kappa shape index (κ1) is 69.3. The van der Waals surface area contributed by atoms with Gasteiger partial charge in [0, 0.05) is 126 Å². The van der Waals surface area contributed by atoms with Gasteiger partial charge >= 0.3 is 0 Å². The van der Waals surface area contributed by atoms with Gasteiger partial charge in [0.25, 0.3) is 24.8 Å². The van der Waals surface area contributed by atoms with E-state index in [0.717, 1.165) is 5.69 Å². The van der Waals surface area contributed by atoms with Gasteiger partial charge in [0.2, 0.25) is 24.2 Å². The molecule has 0 spiro atoms. The van der Waals surface area contributed by atoms with E-state index in [4.69, 9.17) is 9.26 Å². The lowest BCUT2D eigenvalue weighted by Crippen LogP contribution is -2.41. The van der Waals surface area contributed by atoms with E-state index in [0.29, 0.717) is 84.0 Å². The number of nitrogens with zero attached hydrogens (tertiary/aromatic N) is 15. The summed E-state index contributed by atoms with van der Waals surface area (Å²) >= 11 is 0. The Labute approximate surface area is 466 Å². The molecule has 0 aromatic carbocycles. The number of aromatic nitrogens is 15. The molecule has 7 rings (SSSR count).